The topological polar surface area (TPSA) is 33.3 Å². The van der Waals surface area contributed by atoms with Gasteiger partial charge in [-0.3, -0.25) is 0 Å². The van der Waals surface area contributed by atoms with Crippen LogP contribution in [-0.4, -0.2) is 19.7 Å². The number of hydrogen-bond donors (Lipinski definition) is 2. The van der Waals surface area contributed by atoms with Gasteiger partial charge in [-0.1, -0.05) is 38.3 Å². The molecule has 0 aromatic heterocycles. The lowest BCUT2D eigenvalue weighted by atomic mass is 10.1. The SMILES string of the molecule is CCCCCCOc1cccc(NCCNc2cc(C)cc(C)c2)c1. The molecule has 0 heterocycles. The lowest BCUT2D eigenvalue weighted by molar-refractivity contribution is 0.305. The van der Waals surface area contributed by atoms with Gasteiger partial charge < -0.3 is 15.4 Å². The Labute approximate surface area is 152 Å². The molecular formula is C22H32N2O. The Morgan fingerprint density at radius 3 is 2.24 bits per heavy atom. The molecule has 0 unspecified atom stereocenters. The van der Waals surface area contributed by atoms with Crippen LogP contribution >= 0.6 is 0 Å². The fourth-order valence-electron chi connectivity index (χ4n) is 2.91. The van der Waals surface area contributed by atoms with Crippen molar-refractivity contribution in [1.82, 2.24) is 0 Å². The number of aryl methyl sites for hydroxylation is 2. The summed E-state index contributed by atoms with van der Waals surface area (Å²) >= 11 is 0. The quantitative estimate of drug-likeness (QED) is 0.508. The van der Waals surface area contributed by atoms with E-state index in [1.165, 1.54) is 36.1 Å². The van der Waals surface area contributed by atoms with E-state index in [4.69, 9.17) is 4.74 Å². The number of anilines is 2. The van der Waals surface area contributed by atoms with Crippen molar-refractivity contribution in [2.75, 3.05) is 30.3 Å². The van der Waals surface area contributed by atoms with Crippen molar-refractivity contribution < 1.29 is 4.74 Å². The predicted molar refractivity (Wildman–Crippen MR) is 109 cm³/mol. The summed E-state index contributed by atoms with van der Waals surface area (Å²) in [5.41, 5.74) is 4.87. The van der Waals surface area contributed by atoms with Gasteiger partial charge >= 0.3 is 0 Å². The molecule has 0 atom stereocenters. The van der Waals surface area contributed by atoms with E-state index in [1.807, 2.05) is 12.1 Å². The van der Waals surface area contributed by atoms with Crippen molar-refractivity contribution in [2.24, 2.45) is 0 Å². The number of nitrogens with one attached hydrogen (secondary N) is 2. The van der Waals surface area contributed by atoms with Crippen LogP contribution in [0.1, 0.15) is 43.7 Å². The minimum Gasteiger partial charge on any atom is -0.494 e. The molecule has 136 valence electrons. The molecule has 0 radical (unpaired) electrons. The Bertz CT molecular complexity index is 619. The molecule has 2 rings (SSSR count). The normalized spacial score (nSPS) is 10.5. The van der Waals surface area contributed by atoms with Gasteiger partial charge in [-0.05, 0) is 55.7 Å². The van der Waals surface area contributed by atoms with Crippen molar-refractivity contribution in [3.8, 4) is 5.75 Å². The Morgan fingerprint density at radius 1 is 0.800 bits per heavy atom. The van der Waals surface area contributed by atoms with Gasteiger partial charge in [0, 0.05) is 30.5 Å². The highest BCUT2D eigenvalue weighted by molar-refractivity contribution is 5.50. The molecule has 0 saturated heterocycles. The van der Waals surface area contributed by atoms with E-state index in [2.05, 4.69) is 61.7 Å². The number of rotatable bonds is 11. The number of benzene rings is 2. The summed E-state index contributed by atoms with van der Waals surface area (Å²) in [5, 5.41) is 6.92. The number of hydrogen-bond acceptors (Lipinski definition) is 3. The smallest absolute Gasteiger partial charge is 0.121 e. The fourth-order valence-corrected chi connectivity index (χ4v) is 2.91. The zero-order valence-electron chi connectivity index (χ0n) is 15.9. The van der Waals surface area contributed by atoms with Crippen molar-refractivity contribution in [3.05, 3.63) is 53.6 Å². The van der Waals surface area contributed by atoms with Crippen LogP contribution in [0.3, 0.4) is 0 Å². The second-order valence-electron chi connectivity index (χ2n) is 6.67. The third-order valence-electron chi connectivity index (χ3n) is 4.11. The van der Waals surface area contributed by atoms with Crippen molar-refractivity contribution in [2.45, 2.75) is 46.5 Å². The van der Waals surface area contributed by atoms with Crippen LogP contribution in [0.5, 0.6) is 5.75 Å². The molecule has 3 heteroatoms. The van der Waals surface area contributed by atoms with Crippen LogP contribution < -0.4 is 15.4 Å². The summed E-state index contributed by atoms with van der Waals surface area (Å²) < 4.78 is 5.84. The van der Waals surface area contributed by atoms with Crippen molar-refractivity contribution in [3.63, 3.8) is 0 Å². The zero-order chi connectivity index (χ0) is 17.9. The minimum absolute atomic E-state index is 0.803. The van der Waals surface area contributed by atoms with E-state index < -0.39 is 0 Å². The average molecular weight is 341 g/mol. The van der Waals surface area contributed by atoms with Gasteiger partial charge in [-0.2, -0.15) is 0 Å². The third kappa shape index (κ3) is 7.51. The standard InChI is InChI=1S/C22H32N2O/c1-4-5-6-7-13-25-22-10-8-9-20(17-22)23-11-12-24-21-15-18(2)14-19(3)16-21/h8-10,14-17,23-24H,4-7,11-13H2,1-3H3. The largest absolute Gasteiger partial charge is 0.494 e. The van der Waals surface area contributed by atoms with Gasteiger partial charge in [0.2, 0.25) is 0 Å². The maximum absolute atomic E-state index is 5.84. The summed E-state index contributed by atoms with van der Waals surface area (Å²) in [4.78, 5) is 0. The number of ether oxygens (including phenoxy) is 1. The molecule has 2 N–H and O–H groups in total. The first kappa shape index (κ1) is 19.2. The van der Waals surface area contributed by atoms with Gasteiger partial charge in [0.25, 0.3) is 0 Å². The minimum atomic E-state index is 0.803. The third-order valence-corrected chi connectivity index (χ3v) is 4.11. The summed E-state index contributed by atoms with van der Waals surface area (Å²) in [6, 6.07) is 14.8. The molecule has 0 bridgehead atoms. The predicted octanol–water partition coefficient (Wildman–Crippen LogP) is 5.79. The van der Waals surface area contributed by atoms with Crippen molar-refractivity contribution >= 4 is 11.4 Å². The van der Waals surface area contributed by atoms with E-state index in [1.54, 1.807) is 0 Å². The first-order chi connectivity index (χ1) is 12.2. The first-order valence-corrected chi connectivity index (χ1v) is 9.46. The molecule has 0 saturated carbocycles. The summed E-state index contributed by atoms with van der Waals surface area (Å²) in [6.45, 7) is 9.04. The molecule has 25 heavy (non-hydrogen) atoms. The lowest BCUT2D eigenvalue weighted by Crippen LogP contribution is -2.13. The van der Waals surface area contributed by atoms with Gasteiger partial charge in [-0.15, -0.1) is 0 Å². The molecule has 2 aromatic rings. The Hall–Kier alpha value is -2.16. The van der Waals surface area contributed by atoms with Gasteiger partial charge in [0.15, 0.2) is 0 Å². The highest BCUT2D eigenvalue weighted by atomic mass is 16.5. The van der Waals surface area contributed by atoms with Crippen LogP contribution in [-0.2, 0) is 0 Å². The summed E-state index contributed by atoms with van der Waals surface area (Å²) in [5.74, 6) is 0.948. The van der Waals surface area contributed by atoms with E-state index in [0.29, 0.717) is 0 Å². The van der Waals surface area contributed by atoms with Crippen molar-refractivity contribution in [1.29, 1.82) is 0 Å². The van der Waals surface area contributed by atoms with E-state index in [-0.39, 0.29) is 0 Å². The molecule has 2 aromatic carbocycles. The molecule has 0 aliphatic rings. The molecule has 0 spiro atoms. The zero-order valence-corrected chi connectivity index (χ0v) is 15.9. The van der Waals surface area contributed by atoms with Crippen LogP contribution in [0.25, 0.3) is 0 Å². The Kier molecular flexibility index (Phi) is 8.17. The Balaban J connectivity index is 1.70. The second-order valence-corrected chi connectivity index (χ2v) is 6.67. The highest BCUT2D eigenvalue weighted by Gasteiger charge is 1.98. The maximum atomic E-state index is 5.84. The molecule has 0 amide bonds. The Morgan fingerprint density at radius 2 is 1.52 bits per heavy atom. The van der Waals surface area contributed by atoms with Gasteiger partial charge in [0.1, 0.15) is 5.75 Å². The lowest BCUT2D eigenvalue weighted by Gasteiger charge is -2.12. The molecule has 0 aliphatic heterocycles. The van der Waals surface area contributed by atoms with Crippen LogP contribution in [0, 0.1) is 13.8 Å². The fraction of sp³-hybridized carbons (Fsp3) is 0.455. The highest BCUT2D eigenvalue weighted by Crippen LogP contribution is 2.18. The molecular weight excluding hydrogens is 308 g/mol. The molecule has 3 nitrogen and oxygen atoms in total. The molecule has 0 aliphatic carbocycles. The van der Waals surface area contributed by atoms with Gasteiger partial charge in [0.05, 0.1) is 6.61 Å². The van der Waals surface area contributed by atoms with Gasteiger partial charge in [-0.25, -0.2) is 0 Å². The maximum Gasteiger partial charge on any atom is 0.121 e. The van der Waals surface area contributed by atoms with Crippen LogP contribution in [0.4, 0.5) is 11.4 Å². The van der Waals surface area contributed by atoms with E-state index in [9.17, 15) is 0 Å². The van der Waals surface area contributed by atoms with E-state index >= 15 is 0 Å². The van der Waals surface area contributed by atoms with E-state index in [0.717, 1.165) is 37.6 Å². The molecule has 0 fully saturated rings. The van der Waals surface area contributed by atoms with Crippen LogP contribution in [0.15, 0.2) is 42.5 Å². The first-order valence-electron chi connectivity index (χ1n) is 9.46. The summed E-state index contributed by atoms with van der Waals surface area (Å²) in [7, 11) is 0. The summed E-state index contributed by atoms with van der Waals surface area (Å²) in [6.07, 6.45) is 4.93. The number of unbranched alkanes of at least 4 members (excludes halogenated alkanes) is 3. The van der Waals surface area contributed by atoms with Crippen LogP contribution in [0.2, 0.25) is 0 Å². The second kappa shape index (κ2) is 10.7. The average Bonchev–Trinajstić information content (AvgIpc) is 2.58. The monoisotopic (exact) mass is 340 g/mol.